The fourth-order valence-electron chi connectivity index (χ4n) is 0.529. The summed E-state index contributed by atoms with van der Waals surface area (Å²) in [5.74, 6) is -0.722. The summed E-state index contributed by atoms with van der Waals surface area (Å²) in [6.07, 6.45) is 1.97. The molecule has 74 valence electrons. The molecule has 0 rings (SSSR count). The van der Waals surface area contributed by atoms with Crippen molar-refractivity contribution in [1.82, 2.24) is 0 Å². The number of carbonyl (C=O) groups excluding carboxylic acids is 1. The fraction of sp³-hybridized carbons (Fsp3) is 0.286. The molecule has 0 aliphatic heterocycles. The van der Waals surface area contributed by atoms with Crippen LogP contribution in [-0.4, -0.2) is 28.0 Å². The van der Waals surface area contributed by atoms with E-state index in [1.165, 1.54) is 0 Å². The lowest BCUT2D eigenvalue weighted by molar-refractivity contribution is -0.137. The van der Waals surface area contributed by atoms with Gasteiger partial charge < -0.3 is 14.5 Å². The lowest BCUT2D eigenvalue weighted by atomic mass is 10.4. The normalized spacial score (nSPS) is 13.1. The largest absolute Gasteiger partial charge is 0.461 e. The topological polar surface area (TPSA) is 83.8 Å². The quantitative estimate of drug-likeness (QED) is 0.295. The van der Waals surface area contributed by atoms with Crippen LogP contribution >= 0.6 is 7.60 Å². The van der Waals surface area contributed by atoms with Gasteiger partial charge in [-0.2, -0.15) is 0 Å². The van der Waals surface area contributed by atoms with Crippen molar-refractivity contribution >= 4 is 13.6 Å². The van der Waals surface area contributed by atoms with E-state index >= 15 is 0 Å². The smallest absolute Gasteiger partial charge is 0.335 e. The van der Waals surface area contributed by atoms with Crippen LogP contribution in [0, 0.1) is 0 Å². The molecular weight excluding hydrogens is 195 g/mol. The summed E-state index contributed by atoms with van der Waals surface area (Å²) in [5.41, 5.74) is -1.16. The third kappa shape index (κ3) is 4.62. The van der Waals surface area contributed by atoms with E-state index in [-0.39, 0.29) is 0 Å². The third-order valence-electron chi connectivity index (χ3n) is 1.27. The molecule has 13 heavy (non-hydrogen) atoms. The molecule has 0 radical (unpaired) electrons. The van der Waals surface area contributed by atoms with Crippen LogP contribution in [0.15, 0.2) is 25.3 Å². The predicted octanol–water partition coefficient (Wildman–Crippen LogP) is 0.448. The molecule has 0 saturated carbocycles. The summed E-state index contributed by atoms with van der Waals surface area (Å²) in [7, 11) is -4.27. The molecule has 0 heterocycles. The maximum atomic E-state index is 10.7. The van der Waals surface area contributed by atoms with Gasteiger partial charge in [-0.05, 0) is 0 Å². The second kappa shape index (κ2) is 4.97. The van der Waals surface area contributed by atoms with Gasteiger partial charge in [0.05, 0.1) is 0 Å². The molecule has 1 atom stereocenters. The molecule has 0 amide bonds. The van der Waals surface area contributed by atoms with Crippen LogP contribution in [0.25, 0.3) is 0 Å². The average molecular weight is 206 g/mol. The van der Waals surface area contributed by atoms with Crippen molar-refractivity contribution in [2.45, 2.75) is 5.66 Å². The minimum Gasteiger partial charge on any atom is -0.461 e. The van der Waals surface area contributed by atoms with Crippen molar-refractivity contribution in [2.24, 2.45) is 0 Å². The second-order valence-corrected chi connectivity index (χ2v) is 4.07. The standard InChI is InChI=1S/C7H11O5P/c1-3-6(13(9,10)11)5-12-7(8)4-2/h3-4,6H,1-2,5H2,(H2,9,10,11). The number of hydrogen-bond acceptors (Lipinski definition) is 3. The van der Waals surface area contributed by atoms with Crippen LogP contribution in [0.3, 0.4) is 0 Å². The summed E-state index contributed by atoms with van der Waals surface area (Å²) in [5, 5.41) is 0. The van der Waals surface area contributed by atoms with Gasteiger partial charge in [-0.1, -0.05) is 12.7 Å². The van der Waals surface area contributed by atoms with Gasteiger partial charge in [0.15, 0.2) is 0 Å². The van der Waals surface area contributed by atoms with Crippen LogP contribution in [0.2, 0.25) is 0 Å². The first-order valence-electron chi connectivity index (χ1n) is 3.38. The van der Waals surface area contributed by atoms with Gasteiger partial charge >= 0.3 is 13.6 Å². The summed E-state index contributed by atoms with van der Waals surface area (Å²) in [6.45, 7) is 5.96. The zero-order chi connectivity index (χ0) is 10.5. The first kappa shape index (κ1) is 12.1. The van der Waals surface area contributed by atoms with Gasteiger partial charge in [0.2, 0.25) is 0 Å². The van der Waals surface area contributed by atoms with Crippen LogP contribution in [0.5, 0.6) is 0 Å². The molecule has 0 aromatic rings. The van der Waals surface area contributed by atoms with Gasteiger partial charge in [-0.15, -0.1) is 6.58 Å². The Morgan fingerprint density at radius 2 is 2.08 bits per heavy atom. The number of ether oxygens (including phenoxy) is 1. The van der Waals surface area contributed by atoms with E-state index in [4.69, 9.17) is 9.79 Å². The fourth-order valence-corrected chi connectivity index (χ4v) is 1.07. The number of carbonyl (C=O) groups is 1. The highest BCUT2D eigenvalue weighted by atomic mass is 31.2. The Hall–Kier alpha value is -0.900. The Morgan fingerprint density at radius 1 is 1.54 bits per heavy atom. The number of rotatable bonds is 5. The van der Waals surface area contributed by atoms with Crippen LogP contribution < -0.4 is 0 Å². The molecule has 0 aliphatic carbocycles. The molecular formula is C7H11O5P. The van der Waals surface area contributed by atoms with Crippen molar-refractivity contribution in [2.75, 3.05) is 6.61 Å². The minimum atomic E-state index is -4.27. The molecule has 5 nitrogen and oxygen atoms in total. The predicted molar refractivity (Wildman–Crippen MR) is 47.2 cm³/mol. The summed E-state index contributed by atoms with van der Waals surface area (Å²) < 4.78 is 15.1. The summed E-state index contributed by atoms with van der Waals surface area (Å²) >= 11 is 0. The molecule has 0 saturated heterocycles. The van der Waals surface area contributed by atoms with E-state index in [0.29, 0.717) is 0 Å². The maximum absolute atomic E-state index is 10.7. The molecule has 0 aliphatic rings. The van der Waals surface area contributed by atoms with Gasteiger partial charge in [0.1, 0.15) is 12.3 Å². The second-order valence-electron chi connectivity index (χ2n) is 2.23. The van der Waals surface area contributed by atoms with Crippen molar-refractivity contribution < 1.29 is 23.9 Å². The van der Waals surface area contributed by atoms with Gasteiger partial charge in [-0.25, -0.2) is 4.79 Å². The molecule has 1 unspecified atom stereocenters. The Balaban J connectivity index is 4.16. The van der Waals surface area contributed by atoms with Crippen LogP contribution in [0.1, 0.15) is 0 Å². The molecule has 0 fully saturated rings. The summed E-state index contributed by atoms with van der Waals surface area (Å²) in [4.78, 5) is 27.9. The molecule has 0 bridgehead atoms. The molecule has 6 heteroatoms. The van der Waals surface area contributed by atoms with E-state index in [2.05, 4.69) is 17.9 Å². The lowest BCUT2D eigenvalue weighted by Gasteiger charge is -2.13. The van der Waals surface area contributed by atoms with E-state index in [1.807, 2.05) is 0 Å². The Kier molecular flexibility index (Phi) is 4.62. The number of hydrogen-bond donors (Lipinski definition) is 2. The number of esters is 1. The molecule has 2 N–H and O–H groups in total. The monoisotopic (exact) mass is 206 g/mol. The maximum Gasteiger partial charge on any atom is 0.335 e. The van der Waals surface area contributed by atoms with Gasteiger partial charge in [0.25, 0.3) is 0 Å². The third-order valence-corrected chi connectivity index (χ3v) is 2.49. The lowest BCUT2D eigenvalue weighted by Crippen LogP contribution is -2.15. The first-order valence-corrected chi connectivity index (χ1v) is 5.07. The van der Waals surface area contributed by atoms with Crippen molar-refractivity contribution in [3.63, 3.8) is 0 Å². The van der Waals surface area contributed by atoms with Gasteiger partial charge in [-0.3, -0.25) is 4.57 Å². The first-order chi connectivity index (χ1) is 5.91. The summed E-state index contributed by atoms with van der Waals surface area (Å²) in [6, 6.07) is 0. The Bertz CT molecular complexity index is 254. The van der Waals surface area contributed by atoms with E-state index in [9.17, 15) is 9.36 Å². The average Bonchev–Trinajstić information content (AvgIpc) is 2.02. The molecule has 0 spiro atoms. The van der Waals surface area contributed by atoms with Crippen LogP contribution in [-0.2, 0) is 14.1 Å². The molecule has 0 aromatic carbocycles. The Labute approximate surface area is 75.9 Å². The van der Waals surface area contributed by atoms with Crippen LogP contribution in [0.4, 0.5) is 0 Å². The Morgan fingerprint density at radius 3 is 2.38 bits per heavy atom. The zero-order valence-corrected chi connectivity index (χ0v) is 7.81. The molecule has 0 aromatic heterocycles. The SMILES string of the molecule is C=CC(=O)OCC(C=C)P(=O)(O)O. The van der Waals surface area contributed by atoms with Gasteiger partial charge in [0, 0.05) is 6.08 Å². The highest BCUT2D eigenvalue weighted by Gasteiger charge is 2.26. The minimum absolute atomic E-state index is 0.390. The van der Waals surface area contributed by atoms with Crippen molar-refractivity contribution in [3.05, 3.63) is 25.3 Å². The van der Waals surface area contributed by atoms with Crippen molar-refractivity contribution in [1.29, 1.82) is 0 Å². The zero-order valence-electron chi connectivity index (χ0n) is 6.92. The van der Waals surface area contributed by atoms with Crippen molar-refractivity contribution in [3.8, 4) is 0 Å². The highest BCUT2D eigenvalue weighted by Crippen LogP contribution is 2.41. The van der Waals surface area contributed by atoms with E-state index in [1.54, 1.807) is 0 Å². The highest BCUT2D eigenvalue weighted by molar-refractivity contribution is 7.52. The van der Waals surface area contributed by atoms with E-state index in [0.717, 1.165) is 12.2 Å². The van der Waals surface area contributed by atoms with E-state index < -0.39 is 25.8 Å².